The van der Waals surface area contributed by atoms with Gasteiger partial charge >= 0.3 is 0 Å². The molecule has 0 saturated carbocycles. The largest absolute Gasteiger partial charge is 0.351 e. The Hall–Kier alpha value is -3.48. The smallest absolute Gasteiger partial charge is 0.282 e. The lowest BCUT2D eigenvalue weighted by molar-refractivity contribution is -0.385. The zero-order valence-electron chi connectivity index (χ0n) is 13.3. The first kappa shape index (κ1) is 16.4. The van der Waals surface area contributed by atoms with Gasteiger partial charge in [-0.15, -0.1) is 0 Å². The molecule has 0 spiro atoms. The highest BCUT2D eigenvalue weighted by Gasteiger charge is 2.18. The van der Waals surface area contributed by atoms with E-state index in [0.717, 1.165) is 11.3 Å². The molecule has 0 aliphatic rings. The lowest BCUT2D eigenvalue weighted by Gasteiger charge is -2.07. The third-order valence-electron chi connectivity index (χ3n) is 3.75. The summed E-state index contributed by atoms with van der Waals surface area (Å²) in [4.78, 5) is 22.6. The minimum atomic E-state index is -0.553. The molecule has 0 atom stereocenters. The number of amides is 1. The number of nitrogens with zero attached hydrogens (tertiary/aromatic N) is 3. The third kappa shape index (κ3) is 3.89. The molecule has 7 nitrogen and oxygen atoms in total. The van der Waals surface area contributed by atoms with E-state index >= 15 is 0 Å². The van der Waals surface area contributed by atoms with Gasteiger partial charge in [-0.05, 0) is 36.2 Å². The molecule has 1 aromatic heterocycles. The molecular formula is C18H16N4O3. The summed E-state index contributed by atoms with van der Waals surface area (Å²) < 4.78 is 1.76. The molecule has 0 bridgehead atoms. The summed E-state index contributed by atoms with van der Waals surface area (Å²) in [6.07, 6.45) is 4.21. The number of hydrogen-bond acceptors (Lipinski definition) is 4. The fraction of sp³-hybridized carbons (Fsp3) is 0.111. The van der Waals surface area contributed by atoms with E-state index in [1.807, 2.05) is 36.5 Å². The molecule has 0 fully saturated rings. The maximum atomic E-state index is 12.1. The Labute approximate surface area is 144 Å². The van der Waals surface area contributed by atoms with Crippen LogP contribution in [0.15, 0.2) is 67.0 Å². The molecule has 7 heteroatoms. The highest BCUT2D eigenvalue weighted by molar-refractivity contribution is 5.98. The second-order valence-corrected chi connectivity index (χ2v) is 5.40. The second kappa shape index (κ2) is 7.39. The first-order chi connectivity index (χ1) is 12.1. The van der Waals surface area contributed by atoms with E-state index in [4.69, 9.17) is 0 Å². The number of rotatable bonds is 6. The Bertz CT molecular complexity index is 874. The van der Waals surface area contributed by atoms with E-state index < -0.39 is 10.8 Å². The first-order valence-electron chi connectivity index (χ1n) is 7.76. The van der Waals surface area contributed by atoms with Crippen molar-refractivity contribution in [1.29, 1.82) is 0 Å². The van der Waals surface area contributed by atoms with Gasteiger partial charge in [-0.3, -0.25) is 14.9 Å². The molecule has 126 valence electrons. The van der Waals surface area contributed by atoms with Crippen LogP contribution < -0.4 is 5.32 Å². The Morgan fingerprint density at radius 1 is 1.12 bits per heavy atom. The van der Waals surface area contributed by atoms with Crippen LogP contribution in [-0.4, -0.2) is 27.2 Å². The van der Waals surface area contributed by atoms with Crippen molar-refractivity contribution in [1.82, 2.24) is 15.1 Å². The minimum absolute atomic E-state index is 0.0709. The summed E-state index contributed by atoms with van der Waals surface area (Å²) in [5.74, 6) is -0.444. The Morgan fingerprint density at radius 2 is 1.88 bits per heavy atom. The normalized spacial score (nSPS) is 10.4. The van der Waals surface area contributed by atoms with Crippen LogP contribution in [0.1, 0.15) is 15.9 Å². The van der Waals surface area contributed by atoms with Crippen molar-refractivity contribution in [3.8, 4) is 5.69 Å². The van der Waals surface area contributed by atoms with Crippen molar-refractivity contribution in [2.45, 2.75) is 6.42 Å². The molecule has 0 radical (unpaired) electrons. The summed E-state index contributed by atoms with van der Waals surface area (Å²) >= 11 is 0. The molecule has 1 amide bonds. The van der Waals surface area contributed by atoms with Gasteiger partial charge in [0.25, 0.3) is 11.6 Å². The van der Waals surface area contributed by atoms with Gasteiger partial charge in [0.15, 0.2) is 0 Å². The van der Waals surface area contributed by atoms with Crippen LogP contribution in [0, 0.1) is 10.1 Å². The van der Waals surface area contributed by atoms with Crippen molar-refractivity contribution < 1.29 is 9.72 Å². The molecule has 0 aliphatic heterocycles. The van der Waals surface area contributed by atoms with Gasteiger partial charge in [0.2, 0.25) is 0 Å². The van der Waals surface area contributed by atoms with Crippen molar-refractivity contribution >= 4 is 11.6 Å². The predicted octanol–water partition coefficient (Wildman–Crippen LogP) is 2.75. The van der Waals surface area contributed by atoms with E-state index in [0.29, 0.717) is 13.0 Å². The highest BCUT2D eigenvalue weighted by Crippen LogP contribution is 2.17. The van der Waals surface area contributed by atoms with Crippen LogP contribution >= 0.6 is 0 Å². The van der Waals surface area contributed by atoms with Crippen molar-refractivity contribution in [3.63, 3.8) is 0 Å². The molecule has 1 heterocycles. The average Bonchev–Trinajstić information content (AvgIpc) is 3.17. The lowest BCUT2D eigenvalue weighted by atomic mass is 10.1. The molecular weight excluding hydrogens is 320 g/mol. The number of carbonyl (C=O) groups is 1. The van der Waals surface area contributed by atoms with Gasteiger partial charge in [0.05, 0.1) is 10.6 Å². The van der Waals surface area contributed by atoms with Crippen LogP contribution in [0.3, 0.4) is 0 Å². The van der Waals surface area contributed by atoms with Crippen LogP contribution in [0.5, 0.6) is 0 Å². The number of benzene rings is 2. The predicted molar refractivity (Wildman–Crippen MR) is 92.7 cm³/mol. The van der Waals surface area contributed by atoms with Gasteiger partial charge < -0.3 is 5.32 Å². The summed E-state index contributed by atoms with van der Waals surface area (Å²) in [6.45, 7) is 0.395. The monoisotopic (exact) mass is 336 g/mol. The molecule has 0 aliphatic carbocycles. The number of aromatic nitrogens is 2. The number of nitro groups is 1. The maximum absolute atomic E-state index is 12.1. The molecule has 3 aromatic rings. The van der Waals surface area contributed by atoms with Crippen LogP contribution in [0.25, 0.3) is 5.69 Å². The number of carbonyl (C=O) groups excluding carboxylic acids is 1. The molecule has 3 rings (SSSR count). The molecule has 1 N–H and O–H groups in total. The van der Waals surface area contributed by atoms with Crippen LogP contribution in [-0.2, 0) is 6.42 Å². The Kier molecular flexibility index (Phi) is 4.84. The lowest BCUT2D eigenvalue weighted by Crippen LogP contribution is -2.26. The Morgan fingerprint density at radius 3 is 2.56 bits per heavy atom. The number of hydrogen-bond donors (Lipinski definition) is 1. The van der Waals surface area contributed by atoms with Crippen LogP contribution in [0.2, 0.25) is 0 Å². The standard InChI is InChI=1S/C18H16N4O3/c23-18(16-4-1-2-5-17(16)22(24)25)19-12-10-14-6-8-15(9-7-14)21-13-3-11-20-21/h1-9,11,13H,10,12H2,(H,19,23). The molecule has 25 heavy (non-hydrogen) atoms. The van der Waals surface area contributed by atoms with Crippen molar-refractivity contribution in [2.24, 2.45) is 0 Å². The minimum Gasteiger partial charge on any atom is -0.351 e. The van der Waals surface area contributed by atoms with E-state index in [1.165, 1.54) is 18.2 Å². The third-order valence-corrected chi connectivity index (χ3v) is 3.75. The molecule has 0 saturated heterocycles. The summed E-state index contributed by atoms with van der Waals surface area (Å²) in [6, 6.07) is 15.6. The SMILES string of the molecule is O=C(NCCc1ccc(-n2cccn2)cc1)c1ccccc1[N+](=O)[O-]. The van der Waals surface area contributed by atoms with Gasteiger partial charge in [-0.25, -0.2) is 4.68 Å². The topological polar surface area (TPSA) is 90.1 Å². The first-order valence-corrected chi connectivity index (χ1v) is 7.76. The van der Waals surface area contributed by atoms with E-state index in [1.54, 1.807) is 16.9 Å². The van der Waals surface area contributed by atoms with Gasteiger partial charge in [0, 0.05) is 25.0 Å². The maximum Gasteiger partial charge on any atom is 0.282 e. The zero-order chi connectivity index (χ0) is 17.6. The fourth-order valence-corrected chi connectivity index (χ4v) is 2.48. The van der Waals surface area contributed by atoms with Crippen molar-refractivity contribution in [3.05, 3.63) is 88.2 Å². The summed E-state index contributed by atoms with van der Waals surface area (Å²) in [5, 5.41) is 17.9. The van der Waals surface area contributed by atoms with E-state index in [9.17, 15) is 14.9 Å². The van der Waals surface area contributed by atoms with E-state index in [2.05, 4.69) is 10.4 Å². The average molecular weight is 336 g/mol. The van der Waals surface area contributed by atoms with Gasteiger partial charge in [0.1, 0.15) is 5.56 Å². The quantitative estimate of drug-likeness (QED) is 0.553. The Balaban J connectivity index is 1.58. The van der Waals surface area contributed by atoms with Crippen LogP contribution in [0.4, 0.5) is 5.69 Å². The highest BCUT2D eigenvalue weighted by atomic mass is 16.6. The van der Waals surface area contributed by atoms with Crippen molar-refractivity contribution in [2.75, 3.05) is 6.54 Å². The van der Waals surface area contributed by atoms with E-state index in [-0.39, 0.29) is 11.3 Å². The molecule has 0 unspecified atom stereocenters. The molecule has 2 aromatic carbocycles. The number of nitro benzene ring substituents is 1. The van der Waals surface area contributed by atoms with Gasteiger partial charge in [-0.1, -0.05) is 24.3 Å². The summed E-state index contributed by atoms with van der Waals surface area (Å²) in [5.41, 5.74) is 1.89. The summed E-state index contributed by atoms with van der Waals surface area (Å²) in [7, 11) is 0. The number of nitrogens with one attached hydrogen (secondary N) is 1. The zero-order valence-corrected chi connectivity index (χ0v) is 13.3. The second-order valence-electron chi connectivity index (χ2n) is 5.40. The number of para-hydroxylation sites is 1. The van der Waals surface area contributed by atoms with Gasteiger partial charge in [-0.2, -0.15) is 5.10 Å². The fourth-order valence-electron chi connectivity index (χ4n) is 2.48.